The minimum atomic E-state index is 0.0388. The maximum absolute atomic E-state index is 11.9. The van der Waals surface area contributed by atoms with E-state index in [4.69, 9.17) is 16.3 Å². The molecule has 0 unspecified atom stereocenters. The average molecular weight is 283 g/mol. The van der Waals surface area contributed by atoms with Gasteiger partial charge in [0.15, 0.2) is 0 Å². The SMILES string of the molecule is Cc1cc(Cl)ccc1NC(=O)CCN1CCOCC1. The number of nitrogens with zero attached hydrogens (tertiary/aromatic N) is 1. The average Bonchev–Trinajstić information content (AvgIpc) is 2.41. The fourth-order valence-corrected chi connectivity index (χ4v) is 2.29. The molecule has 1 N–H and O–H groups in total. The van der Waals surface area contributed by atoms with Gasteiger partial charge in [-0.1, -0.05) is 11.6 Å². The van der Waals surface area contributed by atoms with Gasteiger partial charge in [0, 0.05) is 36.8 Å². The first kappa shape index (κ1) is 14.3. The zero-order valence-corrected chi connectivity index (χ0v) is 11.9. The lowest BCUT2D eigenvalue weighted by Crippen LogP contribution is -2.38. The number of anilines is 1. The highest BCUT2D eigenvalue weighted by Gasteiger charge is 2.12. The maximum atomic E-state index is 11.9. The number of amides is 1. The van der Waals surface area contributed by atoms with Crippen LogP contribution < -0.4 is 5.32 Å². The molecule has 1 aromatic carbocycles. The molecule has 1 heterocycles. The molecule has 1 aliphatic heterocycles. The third kappa shape index (κ3) is 4.49. The predicted octanol–water partition coefficient (Wildman–Crippen LogP) is 2.31. The summed E-state index contributed by atoms with van der Waals surface area (Å²) in [5.74, 6) is 0.0388. The molecular weight excluding hydrogens is 264 g/mol. The first-order valence-corrected chi connectivity index (χ1v) is 6.89. The number of rotatable bonds is 4. The van der Waals surface area contributed by atoms with E-state index in [2.05, 4.69) is 10.2 Å². The van der Waals surface area contributed by atoms with Crippen LogP contribution in [-0.2, 0) is 9.53 Å². The molecule has 1 fully saturated rings. The lowest BCUT2D eigenvalue weighted by Gasteiger charge is -2.26. The van der Waals surface area contributed by atoms with Crippen molar-refractivity contribution in [1.29, 1.82) is 0 Å². The van der Waals surface area contributed by atoms with Crippen LogP contribution in [-0.4, -0.2) is 43.7 Å². The second-order valence-electron chi connectivity index (χ2n) is 4.71. The maximum Gasteiger partial charge on any atom is 0.225 e. The first-order chi connectivity index (χ1) is 9.15. The van der Waals surface area contributed by atoms with Crippen LogP contribution in [0.2, 0.25) is 5.02 Å². The zero-order chi connectivity index (χ0) is 13.7. The van der Waals surface area contributed by atoms with Gasteiger partial charge in [-0.25, -0.2) is 0 Å². The molecule has 1 aliphatic rings. The molecule has 0 radical (unpaired) electrons. The number of hydrogen-bond donors (Lipinski definition) is 1. The van der Waals surface area contributed by atoms with Gasteiger partial charge in [0.1, 0.15) is 0 Å². The Labute approximate surface area is 118 Å². The molecule has 104 valence electrons. The van der Waals surface area contributed by atoms with E-state index >= 15 is 0 Å². The van der Waals surface area contributed by atoms with Crippen molar-refractivity contribution >= 4 is 23.2 Å². The van der Waals surface area contributed by atoms with Gasteiger partial charge >= 0.3 is 0 Å². The van der Waals surface area contributed by atoms with Crippen molar-refractivity contribution in [2.24, 2.45) is 0 Å². The van der Waals surface area contributed by atoms with E-state index in [0.717, 1.165) is 44.1 Å². The van der Waals surface area contributed by atoms with Crippen molar-refractivity contribution in [2.75, 3.05) is 38.2 Å². The van der Waals surface area contributed by atoms with E-state index < -0.39 is 0 Å². The summed E-state index contributed by atoms with van der Waals surface area (Å²) in [6, 6.07) is 5.47. The molecule has 0 saturated carbocycles. The van der Waals surface area contributed by atoms with Crippen LogP contribution in [0.25, 0.3) is 0 Å². The van der Waals surface area contributed by atoms with Crippen LogP contribution >= 0.6 is 11.6 Å². The van der Waals surface area contributed by atoms with Crippen LogP contribution in [0.1, 0.15) is 12.0 Å². The monoisotopic (exact) mass is 282 g/mol. The van der Waals surface area contributed by atoms with Crippen LogP contribution in [0, 0.1) is 6.92 Å². The molecule has 0 spiro atoms. The summed E-state index contributed by atoms with van der Waals surface area (Å²) in [6.45, 7) is 6.06. The predicted molar refractivity (Wildman–Crippen MR) is 76.7 cm³/mol. The van der Waals surface area contributed by atoms with E-state index in [1.54, 1.807) is 6.07 Å². The minimum Gasteiger partial charge on any atom is -0.379 e. The van der Waals surface area contributed by atoms with Gasteiger partial charge in [-0.3, -0.25) is 9.69 Å². The lowest BCUT2D eigenvalue weighted by atomic mass is 10.2. The van der Waals surface area contributed by atoms with Crippen molar-refractivity contribution in [1.82, 2.24) is 4.90 Å². The Morgan fingerprint density at radius 3 is 2.84 bits per heavy atom. The lowest BCUT2D eigenvalue weighted by molar-refractivity contribution is -0.116. The molecule has 1 amide bonds. The number of carbonyl (C=O) groups is 1. The van der Waals surface area contributed by atoms with E-state index in [9.17, 15) is 4.79 Å². The Bertz CT molecular complexity index is 445. The number of halogens is 1. The summed E-state index contributed by atoms with van der Waals surface area (Å²) >= 11 is 5.88. The standard InChI is InChI=1S/C14H19ClN2O2/c1-11-10-12(15)2-3-13(11)16-14(18)4-5-17-6-8-19-9-7-17/h2-3,10H,4-9H2,1H3,(H,16,18). The van der Waals surface area contributed by atoms with Crippen LogP contribution in [0.3, 0.4) is 0 Å². The molecule has 1 saturated heterocycles. The molecule has 5 heteroatoms. The number of aryl methyl sites for hydroxylation is 1. The summed E-state index contributed by atoms with van der Waals surface area (Å²) < 4.78 is 5.27. The highest BCUT2D eigenvalue weighted by Crippen LogP contribution is 2.19. The van der Waals surface area contributed by atoms with Crippen molar-refractivity contribution in [3.63, 3.8) is 0 Å². The number of ether oxygens (including phenoxy) is 1. The molecule has 0 bridgehead atoms. The van der Waals surface area contributed by atoms with Gasteiger partial charge in [-0.15, -0.1) is 0 Å². The Morgan fingerprint density at radius 2 is 2.16 bits per heavy atom. The second kappa shape index (κ2) is 6.89. The fraction of sp³-hybridized carbons (Fsp3) is 0.500. The molecule has 1 aromatic rings. The third-order valence-electron chi connectivity index (χ3n) is 3.22. The van der Waals surface area contributed by atoms with Crippen molar-refractivity contribution in [3.05, 3.63) is 28.8 Å². The van der Waals surface area contributed by atoms with E-state index in [0.29, 0.717) is 11.4 Å². The summed E-state index contributed by atoms with van der Waals surface area (Å²) in [4.78, 5) is 14.1. The highest BCUT2D eigenvalue weighted by molar-refractivity contribution is 6.30. The van der Waals surface area contributed by atoms with Gasteiger partial charge in [0.2, 0.25) is 5.91 Å². The number of benzene rings is 1. The quantitative estimate of drug-likeness (QED) is 0.921. The fourth-order valence-electron chi connectivity index (χ4n) is 2.06. The van der Waals surface area contributed by atoms with Gasteiger partial charge < -0.3 is 10.1 Å². The molecule has 0 aromatic heterocycles. The van der Waals surface area contributed by atoms with Crippen molar-refractivity contribution in [2.45, 2.75) is 13.3 Å². The third-order valence-corrected chi connectivity index (χ3v) is 3.46. The highest BCUT2D eigenvalue weighted by atomic mass is 35.5. The minimum absolute atomic E-state index is 0.0388. The number of morpholine rings is 1. The Morgan fingerprint density at radius 1 is 1.42 bits per heavy atom. The molecule has 4 nitrogen and oxygen atoms in total. The Balaban J connectivity index is 1.80. The number of hydrogen-bond acceptors (Lipinski definition) is 3. The summed E-state index contributed by atoms with van der Waals surface area (Å²) in [5, 5.41) is 3.61. The molecule has 0 atom stereocenters. The summed E-state index contributed by atoms with van der Waals surface area (Å²) in [7, 11) is 0. The molecule has 19 heavy (non-hydrogen) atoms. The van der Waals surface area contributed by atoms with Crippen LogP contribution in [0.5, 0.6) is 0 Å². The van der Waals surface area contributed by atoms with Crippen LogP contribution in [0.15, 0.2) is 18.2 Å². The van der Waals surface area contributed by atoms with Crippen LogP contribution in [0.4, 0.5) is 5.69 Å². The second-order valence-corrected chi connectivity index (χ2v) is 5.15. The number of nitrogens with one attached hydrogen (secondary N) is 1. The smallest absolute Gasteiger partial charge is 0.225 e. The van der Waals surface area contributed by atoms with Gasteiger partial charge in [-0.05, 0) is 30.7 Å². The molecule has 2 rings (SSSR count). The van der Waals surface area contributed by atoms with E-state index in [1.807, 2.05) is 19.1 Å². The Hall–Kier alpha value is -1.10. The topological polar surface area (TPSA) is 41.6 Å². The largest absolute Gasteiger partial charge is 0.379 e. The zero-order valence-electron chi connectivity index (χ0n) is 11.1. The summed E-state index contributed by atoms with van der Waals surface area (Å²) in [6.07, 6.45) is 0.502. The van der Waals surface area contributed by atoms with Crippen molar-refractivity contribution < 1.29 is 9.53 Å². The van der Waals surface area contributed by atoms with Gasteiger partial charge in [0.05, 0.1) is 13.2 Å². The number of carbonyl (C=O) groups excluding carboxylic acids is 1. The van der Waals surface area contributed by atoms with Gasteiger partial charge in [0.25, 0.3) is 0 Å². The van der Waals surface area contributed by atoms with E-state index in [-0.39, 0.29) is 5.91 Å². The van der Waals surface area contributed by atoms with Gasteiger partial charge in [-0.2, -0.15) is 0 Å². The molecule has 0 aliphatic carbocycles. The first-order valence-electron chi connectivity index (χ1n) is 6.51. The van der Waals surface area contributed by atoms with E-state index in [1.165, 1.54) is 0 Å². The Kier molecular flexibility index (Phi) is 5.19. The van der Waals surface area contributed by atoms with Crippen molar-refractivity contribution in [3.8, 4) is 0 Å². The summed E-state index contributed by atoms with van der Waals surface area (Å²) in [5.41, 5.74) is 1.81. The normalized spacial score (nSPS) is 16.3. The molecular formula is C14H19ClN2O2.